The molecule has 3 rings (SSSR count). The predicted molar refractivity (Wildman–Crippen MR) is 73.8 cm³/mol. The highest BCUT2D eigenvalue weighted by molar-refractivity contribution is 5.88. The molecule has 0 aromatic heterocycles. The molecule has 0 N–H and O–H groups in total. The summed E-state index contributed by atoms with van der Waals surface area (Å²) in [6.07, 6.45) is 2.73. The minimum atomic E-state index is -0.730. The maximum absolute atomic E-state index is 12.5. The number of methoxy groups -OCH3 is 1. The van der Waals surface area contributed by atoms with E-state index in [0.29, 0.717) is 25.4 Å². The monoisotopic (exact) mass is 270 g/mol. The first-order valence-corrected chi connectivity index (χ1v) is 7.03. The average Bonchev–Trinajstić information content (AvgIpc) is 3.28. The van der Waals surface area contributed by atoms with Crippen molar-refractivity contribution in [1.29, 1.82) is 5.26 Å². The number of ether oxygens (including phenoxy) is 1. The molecule has 1 amide bonds. The van der Waals surface area contributed by atoms with Crippen LogP contribution in [0.5, 0.6) is 5.75 Å². The highest BCUT2D eigenvalue weighted by Gasteiger charge is 2.56. The topological polar surface area (TPSA) is 53.3 Å². The maximum atomic E-state index is 12.5. The largest absolute Gasteiger partial charge is 0.497 e. The van der Waals surface area contributed by atoms with Crippen LogP contribution >= 0.6 is 0 Å². The zero-order valence-corrected chi connectivity index (χ0v) is 11.6. The minimum absolute atomic E-state index is 0.0262. The lowest BCUT2D eigenvalue weighted by atomic mass is 9.83. The summed E-state index contributed by atoms with van der Waals surface area (Å²) < 4.78 is 5.13. The van der Waals surface area contributed by atoms with Crippen LogP contribution in [-0.4, -0.2) is 24.5 Å². The molecule has 1 heterocycles. The summed E-state index contributed by atoms with van der Waals surface area (Å²) in [4.78, 5) is 14.4. The number of hydrogen-bond acceptors (Lipinski definition) is 3. The van der Waals surface area contributed by atoms with Gasteiger partial charge in [0.15, 0.2) is 0 Å². The van der Waals surface area contributed by atoms with E-state index in [1.807, 2.05) is 29.2 Å². The van der Waals surface area contributed by atoms with Crippen LogP contribution in [0.15, 0.2) is 24.3 Å². The molecule has 1 atom stereocenters. The fraction of sp³-hybridized carbons (Fsp3) is 0.500. The second-order valence-electron chi connectivity index (χ2n) is 5.68. The van der Waals surface area contributed by atoms with Crippen LogP contribution in [0.1, 0.15) is 24.8 Å². The van der Waals surface area contributed by atoms with Crippen molar-refractivity contribution in [1.82, 2.24) is 4.90 Å². The molecule has 0 bridgehead atoms. The molecular weight excluding hydrogens is 252 g/mol. The van der Waals surface area contributed by atoms with E-state index in [1.165, 1.54) is 0 Å². The van der Waals surface area contributed by atoms with Crippen molar-refractivity contribution in [2.75, 3.05) is 13.7 Å². The summed E-state index contributed by atoms with van der Waals surface area (Å²) in [5, 5.41) is 9.44. The van der Waals surface area contributed by atoms with Crippen LogP contribution in [-0.2, 0) is 11.3 Å². The van der Waals surface area contributed by atoms with E-state index in [9.17, 15) is 10.1 Å². The summed E-state index contributed by atoms with van der Waals surface area (Å²) >= 11 is 0. The molecule has 20 heavy (non-hydrogen) atoms. The number of nitrogens with zero attached hydrogens (tertiary/aromatic N) is 2. The fourth-order valence-electron chi connectivity index (χ4n) is 3.05. The van der Waals surface area contributed by atoms with Crippen LogP contribution in [0.2, 0.25) is 0 Å². The lowest BCUT2D eigenvalue weighted by Gasteiger charge is -2.21. The Hall–Kier alpha value is -2.02. The molecule has 2 aliphatic rings. The van der Waals surface area contributed by atoms with Gasteiger partial charge in [0, 0.05) is 13.1 Å². The van der Waals surface area contributed by atoms with Crippen molar-refractivity contribution < 1.29 is 9.53 Å². The standard InChI is InChI=1S/C16H18N2O2/c1-20-14-6-2-12(3-7-14)10-18-9-8-16(11-17,15(18)19)13-4-5-13/h2-3,6-7,13H,4-5,8-10H2,1H3/t16-/m1/s1. The summed E-state index contributed by atoms with van der Waals surface area (Å²) in [7, 11) is 1.63. The molecule has 1 aromatic rings. The quantitative estimate of drug-likeness (QED) is 0.844. The van der Waals surface area contributed by atoms with Crippen molar-refractivity contribution in [3.05, 3.63) is 29.8 Å². The number of nitriles is 1. The zero-order valence-electron chi connectivity index (χ0n) is 11.6. The summed E-state index contributed by atoms with van der Waals surface area (Å²) in [6.45, 7) is 1.27. The molecule has 1 aliphatic carbocycles. The van der Waals surface area contributed by atoms with E-state index in [1.54, 1.807) is 7.11 Å². The number of carbonyl (C=O) groups excluding carboxylic acids is 1. The number of hydrogen-bond donors (Lipinski definition) is 0. The number of amides is 1. The Morgan fingerprint density at radius 3 is 2.65 bits per heavy atom. The first-order chi connectivity index (χ1) is 9.69. The van der Waals surface area contributed by atoms with E-state index in [4.69, 9.17) is 4.74 Å². The molecular formula is C16H18N2O2. The first kappa shape index (κ1) is 13.0. The molecule has 1 aliphatic heterocycles. The normalized spacial score (nSPS) is 25.6. The third kappa shape index (κ3) is 2.03. The first-order valence-electron chi connectivity index (χ1n) is 7.03. The second-order valence-corrected chi connectivity index (χ2v) is 5.68. The highest BCUT2D eigenvalue weighted by Crippen LogP contribution is 2.51. The Morgan fingerprint density at radius 1 is 1.40 bits per heavy atom. The SMILES string of the molecule is COc1ccc(CN2CC[C@@](C#N)(C3CC3)C2=O)cc1. The minimum Gasteiger partial charge on any atom is -0.497 e. The number of carbonyl (C=O) groups is 1. The van der Waals surface area contributed by atoms with E-state index < -0.39 is 5.41 Å². The van der Waals surface area contributed by atoms with Crippen molar-refractivity contribution in [2.45, 2.75) is 25.8 Å². The van der Waals surface area contributed by atoms with Crippen molar-refractivity contribution in [3.8, 4) is 11.8 Å². The number of likely N-dealkylation sites (tertiary alicyclic amines) is 1. The number of rotatable bonds is 4. The van der Waals surface area contributed by atoms with Gasteiger partial charge >= 0.3 is 0 Å². The van der Waals surface area contributed by atoms with E-state index in [2.05, 4.69) is 6.07 Å². The molecule has 1 aromatic carbocycles. The van der Waals surface area contributed by atoms with Gasteiger partial charge in [-0.3, -0.25) is 4.79 Å². The Kier molecular flexibility index (Phi) is 3.13. The Morgan fingerprint density at radius 2 is 2.10 bits per heavy atom. The van der Waals surface area contributed by atoms with Gasteiger partial charge in [-0.15, -0.1) is 0 Å². The predicted octanol–water partition coefficient (Wildman–Crippen LogP) is 2.35. The van der Waals surface area contributed by atoms with Crippen LogP contribution in [0, 0.1) is 22.7 Å². The Balaban J connectivity index is 1.72. The molecule has 0 unspecified atom stereocenters. The lowest BCUT2D eigenvalue weighted by molar-refractivity contribution is -0.134. The molecule has 0 spiro atoms. The van der Waals surface area contributed by atoms with Crippen LogP contribution < -0.4 is 4.74 Å². The smallest absolute Gasteiger partial charge is 0.243 e. The van der Waals surface area contributed by atoms with Gasteiger partial charge in [0.2, 0.25) is 5.91 Å². The van der Waals surface area contributed by atoms with Crippen LogP contribution in [0.25, 0.3) is 0 Å². The van der Waals surface area contributed by atoms with Crippen molar-refractivity contribution in [3.63, 3.8) is 0 Å². The number of benzene rings is 1. The Bertz CT molecular complexity index is 557. The van der Waals surface area contributed by atoms with Gasteiger partial charge in [-0.2, -0.15) is 5.26 Å². The van der Waals surface area contributed by atoms with Gasteiger partial charge in [-0.25, -0.2) is 0 Å². The molecule has 4 heteroatoms. The Labute approximate surface area is 118 Å². The summed E-state index contributed by atoms with van der Waals surface area (Å²) in [6, 6.07) is 10.0. The average molecular weight is 270 g/mol. The van der Waals surface area contributed by atoms with Gasteiger partial charge in [0.1, 0.15) is 11.2 Å². The van der Waals surface area contributed by atoms with E-state index >= 15 is 0 Å². The van der Waals surface area contributed by atoms with Crippen molar-refractivity contribution in [2.24, 2.45) is 11.3 Å². The third-order valence-corrected chi connectivity index (χ3v) is 4.45. The highest BCUT2D eigenvalue weighted by atomic mass is 16.5. The van der Waals surface area contributed by atoms with E-state index in [0.717, 1.165) is 24.2 Å². The fourth-order valence-corrected chi connectivity index (χ4v) is 3.05. The summed E-state index contributed by atoms with van der Waals surface area (Å²) in [5.74, 6) is 1.13. The van der Waals surface area contributed by atoms with Gasteiger partial charge in [0.05, 0.1) is 13.2 Å². The van der Waals surface area contributed by atoms with Crippen LogP contribution in [0.3, 0.4) is 0 Å². The molecule has 2 fully saturated rings. The van der Waals surface area contributed by atoms with Crippen LogP contribution in [0.4, 0.5) is 0 Å². The third-order valence-electron chi connectivity index (χ3n) is 4.45. The summed E-state index contributed by atoms with van der Waals surface area (Å²) in [5.41, 5.74) is 0.343. The van der Waals surface area contributed by atoms with Gasteiger partial charge < -0.3 is 9.64 Å². The molecule has 104 valence electrons. The zero-order chi connectivity index (χ0) is 14.2. The van der Waals surface area contributed by atoms with Gasteiger partial charge in [0.25, 0.3) is 0 Å². The molecule has 0 radical (unpaired) electrons. The van der Waals surface area contributed by atoms with Crippen molar-refractivity contribution >= 4 is 5.91 Å². The molecule has 1 saturated carbocycles. The van der Waals surface area contributed by atoms with Gasteiger partial charge in [-0.1, -0.05) is 12.1 Å². The molecule has 1 saturated heterocycles. The maximum Gasteiger partial charge on any atom is 0.243 e. The van der Waals surface area contributed by atoms with Gasteiger partial charge in [-0.05, 0) is 42.9 Å². The lowest BCUT2D eigenvalue weighted by Crippen LogP contribution is -2.34. The van der Waals surface area contributed by atoms with E-state index in [-0.39, 0.29) is 5.91 Å². The second kappa shape index (κ2) is 4.82. The molecule has 4 nitrogen and oxygen atoms in total.